The number of pyridine rings is 1. The minimum Gasteiger partial charge on any atom is -0.490 e. The van der Waals surface area contributed by atoms with Crippen LogP contribution in [0.3, 0.4) is 0 Å². The van der Waals surface area contributed by atoms with E-state index < -0.39 is 5.54 Å². The van der Waals surface area contributed by atoms with Crippen molar-refractivity contribution in [2.75, 3.05) is 26.6 Å². The van der Waals surface area contributed by atoms with Gasteiger partial charge in [0.1, 0.15) is 29.6 Å². The Morgan fingerprint density at radius 2 is 2.26 bits per heavy atom. The molecule has 0 unspecified atom stereocenters. The zero-order chi connectivity index (χ0) is 22.0. The number of aromatic nitrogens is 2. The number of hydrogen-bond donors (Lipinski definition) is 1. The molecule has 0 amide bonds. The van der Waals surface area contributed by atoms with E-state index in [1.165, 1.54) is 11.8 Å². The molecule has 162 valence electrons. The van der Waals surface area contributed by atoms with Gasteiger partial charge >= 0.3 is 0 Å². The molecule has 3 heterocycles. The topological polar surface area (TPSA) is 94.8 Å². The quantitative estimate of drug-likeness (QED) is 0.559. The van der Waals surface area contributed by atoms with Crippen molar-refractivity contribution < 1.29 is 14.2 Å². The summed E-state index contributed by atoms with van der Waals surface area (Å²) in [5.74, 6) is 1.19. The highest BCUT2D eigenvalue weighted by Gasteiger charge is 2.40. The summed E-state index contributed by atoms with van der Waals surface area (Å²) in [6, 6.07) is 11.9. The van der Waals surface area contributed by atoms with Gasteiger partial charge in [0.25, 0.3) is 0 Å². The van der Waals surface area contributed by atoms with Gasteiger partial charge in [0.2, 0.25) is 0 Å². The van der Waals surface area contributed by atoms with E-state index in [4.69, 9.17) is 19.9 Å². The first-order valence-electron chi connectivity index (χ1n) is 10.2. The van der Waals surface area contributed by atoms with Crippen molar-refractivity contribution in [1.29, 1.82) is 5.26 Å². The molecule has 0 saturated carbocycles. The number of imidazole rings is 1. The van der Waals surface area contributed by atoms with E-state index in [1.807, 2.05) is 41.0 Å². The van der Waals surface area contributed by atoms with E-state index in [0.717, 1.165) is 34.6 Å². The molecule has 0 radical (unpaired) electrons. The molecule has 1 aliphatic heterocycles. The smallest absolute Gasteiger partial charge is 0.199 e. The molecule has 0 aliphatic carbocycles. The van der Waals surface area contributed by atoms with Crippen molar-refractivity contribution in [1.82, 2.24) is 9.38 Å². The molecule has 3 aromatic rings. The van der Waals surface area contributed by atoms with Crippen LogP contribution in [0.25, 0.3) is 16.9 Å². The van der Waals surface area contributed by atoms with Gasteiger partial charge in [0, 0.05) is 17.1 Å². The summed E-state index contributed by atoms with van der Waals surface area (Å²) in [5, 5.41) is 9.82. The van der Waals surface area contributed by atoms with Crippen LogP contribution in [0.1, 0.15) is 25.3 Å². The van der Waals surface area contributed by atoms with Gasteiger partial charge in [-0.3, -0.25) is 4.40 Å². The lowest BCUT2D eigenvalue weighted by molar-refractivity contribution is 0.0598. The summed E-state index contributed by atoms with van der Waals surface area (Å²) >= 11 is 1.50. The number of methoxy groups -OCH3 is 1. The number of benzene rings is 1. The number of rotatable bonds is 7. The maximum Gasteiger partial charge on any atom is 0.199 e. The molecule has 1 fully saturated rings. The molecule has 2 atom stereocenters. The Morgan fingerprint density at radius 1 is 1.42 bits per heavy atom. The Hall–Kier alpha value is -2.73. The Kier molecular flexibility index (Phi) is 6.10. The van der Waals surface area contributed by atoms with Gasteiger partial charge in [0.15, 0.2) is 5.88 Å². The molecule has 1 aliphatic rings. The van der Waals surface area contributed by atoms with Gasteiger partial charge in [-0.15, -0.1) is 11.8 Å². The molecule has 2 aromatic heterocycles. The Morgan fingerprint density at radius 3 is 2.97 bits per heavy atom. The van der Waals surface area contributed by atoms with Gasteiger partial charge < -0.3 is 19.9 Å². The number of nitrogens with zero attached hydrogens (tertiary/aromatic N) is 3. The fourth-order valence-corrected chi connectivity index (χ4v) is 4.71. The molecule has 1 saturated heterocycles. The van der Waals surface area contributed by atoms with Gasteiger partial charge in [-0.1, -0.05) is 13.0 Å². The van der Waals surface area contributed by atoms with Crippen molar-refractivity contribution in [3.05, 3.63) is 42.1 Å². The number of nitriles is 1. The fraction of sp³-hybridized carbons (Fsp3) is 0.391. The third-order valence-electron chi connectivity index (χ3n) is 5.79. The van der Waals surface area contributed by atoms with Crippen LogP contribution < -0.4 is 15.2 Å². The van der Waals surface area contributed by atoms with Crippen molar-refractivity contribution in [2.45, 2.75) is 36.3 Å². The van der Waals surface area contributed by atoms with Crippen LogP contribution in [0, 0.1) is 11.3 Å². The molecular weight excluding hydrogens is 412 g/mol. The monoisotopic (exact) mass is 438 g/mol. The minimum absolute atomic E-state index is 0.0516. The van der Waals surface area contributed by atoms with Crippen LogP contribution in [0.4, 0.5) is 0 Å². The third kappa shape index (κ3) is 3.85. The number of nitrogens with two attached hydrogens (primary N) is 1. The van der Waals surface area contributed by atoms with Crippen LogP contribution in [0.5, 0.6) is 11.6 Å². The molecule has 1 aromatic carbocycles. The maximum atomic E-state index is 9.82. The lowest BCUT2D eigenvalue weighted by atomic mass is 9.92. The van der Waals surface area contributed by atoms with Crippen LogP contribution >= 0.6 is 11.8 Å². The number of hydrogen-bond acceptors (Lipinski definition) is 7. The zero-order valence-electron chi connectivity index (χ0n) is 17.9. The standard InChI is InChI=1S/C23H26N4O3S/c1-4-20-23(25,8-9-29-20)14-30-18-10-15(11-19(31-3)16(18)12-24)17-13-26-21-6-5-7-22(28-2)27(17)21/h5-7,10-11,13,20H,4,8-9,14,25H2,1-3H3/t20-,23-/m0/s1. The molecule has 0 bridgehead atoms. The van der Waals surface area contributed by atoms with E-state index in [0.29, 0.717) is 23.8 Å². The lowest BCUT2D eigenvalue weighted by Crippen LogP contribution is -2.52. The summed E-state index contributed by atoms with van der Waals surface area (Å²) in [6.07, 6.45) is 5.25. The minimum atomic E-state index is -0.566. The van der Waals surface area contributed by atoms with Crippen LogP contribution in [0.2, 0.25) is 0 Å². The van der Waals surface area contributed by atoms with Crippen molar-refractivity contribution >= 4 is 17.4 Å². The van der Waals surface area contributed by atoms with Gasteiger partial charge in [-0.2, -0.15) is 5.26 Å². The fourth-order valence-electron chi connectivity index (χ4n) is 4.11. The maximum absolute atomic E-state index is 9.82. The second kappa shape index (κ2) is 8.79. The molecule has 31 heavy (non-hydrogen) atoms. The van der Waals surface area contributed by atoms with Gasteiger partial charge in [-0.05, 0) is 43.4 Å². The van der Waals surface area contributed by atoms with E-state index in [-0.39, 0.29) is 12.7 Å². The summed E-state index contributed by atoms with van der Waals surface area (Å²) in [6.45, 7) is 2.97. The highest BCUT2D eigenvalue weighted by molar-refractivity contribution is 7.98. The molecule has 2 N–H and O–H groups in total. The van der Waals surface area contributed by atoms with E-state index in [2.05, 4.69) is 18.0 Å². The zero-order valence-corrected chi connectivity index (χ0v) is 18.7. The summed E-state index contributed by atoms with van der Waals surface area (Å²) in [5.41, 5.74) is 9.06. The Labute approximate surface area is 186 Å². The van der Waals surface area contributed by atoms with E-state index >= 15 is 0 Å². The van der Waals surface area contributed by atoms with Crippen LogP contribution in [-0.4, -0.2) is 47.6 Å². The predicted molar refractivity (Wildman–Crippen MR) is 121 cm³/mol. The first-order chi connectivity index (χ1) is 15.0. The normalized spacial score (nSPS) is 20.7. The number of thioether (sulfide) groups is 1. The molecular formula is C23H26N4O3S. The predicted octanol–water partition coefficient (Wildman–Crippen LogP) is 3.88. The Balaban J connectivity index is 1.77. The van der Waals surface area contributed by atoms with Crippen LogP contribution in [-0.2, 0) is 4.74 Å². The van der Waals surface area contributed by atoms with Crippen molar-refractivity contribution in [3.63, 3.8) is 0 Å². The van der Waals surface area contributed by atoms with Gasteiger partial charge in [-0.25, -0.2) is 4.98 Å². The second-order valence-electron chi connectivity index (χ2n) is 7.61. The lowest BCUT2D eigenvalue weighted by Gasteiger charge is -2.29. The molecule has 7 nitrogen and oxygen atoms in total. The van der Waals surface area contributed by atoms with Gasteiger partial charge in [0.05, 0.1) is 30.6 Å². The van der Waals surface area contributed by atoms with E-state index in [9.17, 15) is 5.26 Å². The van der Waals surface area contributed by atoms with Crippen molar-refractivity contribution in [3.8, 4) is 29.0 Å². The largest absolute Gasteiger partial charge is 0.490 e. The van der Waals surface area contributed by atoms with Crippen molar-refractivity contribution in [2.24, 2.45) is 5.73 Å². The molecule has 4 rings (SSSR count). The third-order valence-corrected chi connectivity index (χ3v) is 6.55. The first-order valence-corrected chi connectivity index (χ1v) is 11.4. The molecule has 0 spiro atoms. The van der Waals surface area contributed by atoms with Crippen LogP contribution in [0.15, 0.2) is 41.4 Å². The van der Waals surface area contributed by atoms with E-state index in [1.54, 1.807) is 13.3 Å². The highest BCUT2D eigenvalue weighted by Crippen LogP contribution is 2.37. The average Bonchev–Trinajstić information content (AvgIpc) is 3.40. The molecule has 8 heteroatoms. The Bertz CT molecular complexity index is 1140. The summed E-state index contributed by atoms with van der Waals surface area (Å²) < 4.78 is 19.4. The number of ether oxygens (including phenoxy) is 3. The first kappa shape index (κ1) is 21.5. The second-order valence-corrected chi connectivity index (χ2v) is 8.46. The average molecular weight is 439 g/mol. The summed E-state index contributed by atoms with van der Waals surface area (Å²) in [7, 11) is 1.63. The highest BCUT2D eigenvalue weighted by atomic mass is 32.2. The summed E-state index contributed by atoms with van der Waals surface area (Å²) in [4.78, 5) is 5.34. The SMILES string of the molecule is CC[C@@H]1OCC[C@]1(N)COc1cc(-c2cnc3cccc(OC)n23)cc(SC)c1C#N. The number of fused-ring (bicyclic) bond motifs is 1.